The van der Waals surface area contributed by atoms with Gasteiger partial charge in [-0.1, -0.05) is 12.0 Å². The summed E-state index contributed by atoms with van der Waals surface area (Å²) in [6.45, 7) is 0. The average Bonchev–Trinajstić information content (AvgIpc) is 2.73. The van der Waals surface area contributed by atoms with Crippen LogP contribution in [0, 0.1) is 6.07 Å². The second kappa shape index (κ2) is 10.5. The fourth-order valence-electron chi connectivity index (χ4n) is 3.03. The molecule has 2 aromatic carbocycles. The molecule has 28 heavy (non-hydrogen) atoms. The van der Waals surface area contributed by atoms with Crippen LogP contribution in [0.15, 0.2) is 60.2 Å². The van der Waals surface area contributed by atoms with Gasteiger partial charge in [-0.05, 0) is 49.9 Å². The summed E-state index contributed by atoms with van der Waals surface area (Å²) in [5.74, 6) is -6.16. The summed E-state index contributed by atoms with van der Waals surface area (Å²) in [6, 6.07) is 13.4. The van der Waals surface area contributed by atoms with E-state index in [0.717, 1.165) is 31.7 Å². The van der Waals surface area contributed by atoms with Gasteiger partial charge in [0, 0.05) is 5.56 Å². The van der Waals surface area contributed by atoms with Crippen LogP contribution in [0.25, 0.3) is 11.7 Å². The van der Waals surface area contributed by atoms with Crippen molar-refractivity contribution >= 4 is 11.7 Å². The van der Waals surface area contributed by atoms with E-state index in [2.05, 4.69) is 6.07 Å². The van der Waals surface area contributed by atoms with Crippen molar-refractivity contribution < 1.29 is 41.2 Å². The first-order valence-corrected chi connectivity index (χ1v) is 8.90. The van der Waals surface area contributed by atoms with Crippen LogP contribution in [0.5, 0.6) is 5.75 Å². The van der Waals surface area contributed by atoms with E-state index in [1.807, 2.05) is 0 Å². The van der Waals surface area contributed by atoms with Crippen molar-refractivity contribution in [1.29, 1.82) is 0 Å². The second-order valence-corrected chi connectivity index (χ2v) is 6.45. The molecule has 2 aromatic rings. The zero-order chi connectivity index (χ0) is 19.2. The number of benzene rings is 2. The fourth-order valence-corrected chi connectivity index (χ4v) is 3.03. The van der Waals surface area contributed by atoms with Crippen LogP contribution in [0.3, 0.4) is 0 Å². The van der Waals surface area contributed by atoms with Gasteiger partial charge in [-0.25, -0.2) is 17.6 Å². The third-order valence-corrected chi connectivity index (χ3v) is 4.50. The van der Waals surface area contributed by atoms with Crippen LogP contribution in [0.4, 0.5) is 17.6 Å². The normalized spacial score (nSPS) is 16.6. The van der Waals surface area contributed by atoms with Gasteiger partial charge in [0.1, 0.15) is 11.6 Å². The van der Waals surface area contributed by atoms with Gasteiger partial charge >= 0.3 is 18.9 Å². The Hall–Kier alpha value is -1.96. The molecule has 1 fully saturated rings. The molecular weight excluding hydrogens is 363 g/mol. The smallest absolute Gasteiger partial charge is 0.490 e. The Kier molecular flexibility index (Phi) is 8.41. The summed E-state index contributed by atoms with van der Waals surface area (Å²) in [6.07, 6.45) is 5.49. The first kappa shape index (κ1) is 22.3. The number of halogens is 4. The van der Waals surface area contributed by atoms with Gasteiger partial charge in [-0.3, -0.25) is 0 Å². The monoisotopic (exact) mass is 382 g/mol. The molecular formula is C22H19F4LiO. The Morgan fingerprint density at radius 3 is 2.00 bits per heavy atom. The summed E-state index contributed by atoms with van der Waals surface area (Å²) in [5.41, 5.74) is -0.403. The van der Waals surface area contributed by atoms with Crippen molar-refractivity contribution in [3.05, 3.63) is 77.4 Å². The van der Waals surface area contributed by atoms with Gasteiger partial charge in [0.25, 0.3) is 0 Å². The summed E-state index contributed by atoms with van der Waals surface area (Å²) >= 11 is 0. The van der Waals surface area contributed by atoms with E-state index in [1.54, 1.807) is 0 Å². The molecule has 0 amide bonds. The molecule has 0 saturated heterocycles. The van der Waals surface area contributed by atoms with Gasteiger partial charge < -0.3 is 4.74 Å². The van der Waals surface area contributed by atoms with E-state index >= 15 is 0 Å². The molecule has 0 bridgehead atoms. The van der Waals surface area contributed by atoms with Gasteiger partial charge in [0.2, 0.25) is 0 Å². The van der Waals surface area contributed by atoms with Crippen LogP contribution >= 0.6 is 0 Å². The summed E-state index contributed by atoms with van der Waals surface area (Å²) < 4.78 is 62.1. The Balaban J connectivity index is 0.00000280. The predicted molar refractivity (Wildman–Crippen MR) is 97.5 cm³/mol. The van der Waals surface area contributed by atoms with Crippen molar-refractivity contribution in [2.75, 3.05) is 0 Å². The maximum absolute atomic E-state index is 14.3. The Morgan fingerprint density at radius 2 is 1.43 bits per heavy atom. The molecule has 6 heteroatoms. The Labute approximate surface area is 174 Å². The van der Waals surface area contributed by atoms with Crippen LogP contribution in [0.2, 0.25) is 0 Å². The first-order chi connectivity index (χ1) is 13.1. The van der Waals surface area contributed by atoms with Crippen LogP contribution in [0.1, 0.15) is 43.2 Å². The number of rotatable bonds is 5. The molecule has 1 aliphatic carbocycles. The zero-order valence-electron chi connectivity index (χ0n) is 15.7. The molecule has 0 heterocycles. The molecule has 0 spiro atoms. The molecule has 3 rings (SSSR count). The van der Waals surface area contributed by atoms with E-state index in [-0.39, 0.29) is 36.1 Å². The standard InChI is InChI=1S/C22H19F4O.Li/c23-19(15-7-3-1-4-8-15)21(25)22(26)20(24)16-11-13-18(14-12-16)27-17-9-5-2-6-10-17;/h1,3,7-8,11-14,17H,2,5-6,9-10H2;/q-1;+1/b21-19+,22-20+;. The molecule has 142 valence electrons. The van der Waals surface area contributed by atoms with Gasteiger partial charge in [0.15, 0.2) is 17.5 Å². The average molecular weight is 382 g/mol. The van der Waals surface area contributed by atoms with Gasteiger partial charge in [0.05, 0.1) is 6.10 Å². The fraction of sp³-hybridized carbons (Fsp3) is 0.273. The molecule has 1 nitrogen and oxygen atoms in total. The largest absolute Gasteiger partial charge is 1.00 e. The Morgan fingerprint density at radius 1 is 0.821 bits per heavy atom. The van der Waals surface area contributed by atoms with Crippen LogP contribution in [-0.4, -0.2) is 6.10 Å². The minimum absolute atomic E-state index is 0. The molecule has 1 saturated carbocycles. The van der Waals surface area contributed by atoms with Crippen LogP contribution < -0.4 is 23.6 Å². The number of hydrogen-bond acceptors (Lipinski definition) is 1. The molecule has 0 atom stereocenters. The van der Waals surface area contributed by atoms with Gasteiger partial charge in [-0.2, -0.15) is 30.3 Å². The van der Waals surface area contributed by atoms with Gasteiger partial charge in [-0.15, -0.1) is 0 Å². The third-order valence-electron chi connectivity index (χ3n) is 4.50. The summed E-state index contributed by atoms with van der Waals surface area (Å²) in [4.78, 5) is 0. The summed E-state index contributed by atoms with van der Waals surface area (Å²) in [7, 11) is 0. The van der Waals surface area contributed by atoms with Crippen molar-refractivity contribution in [1.82, 2.24) is 0 Å². The minimum atomic E-state index is -1.88. The van der Waals surface area contributed by atoms with Crippen molar-refractivity contribution in [3.8, 4) is 5.75 Å². The van der Waals surface area contributed by atoms with E-state index in [0.29, 0.717) is 5.75 Å². The maximum atomic E-state index is 14.3. The van der Waals surface area contributed by atoms with Crippen molar-refractivity contribution in [2.24, 2.45) is 0 Å². The van der Waals surface area contributed by atoms with Crippen LogP contribution in [-0.2, 0) is 0 Å². The topological polar surface area (TPSA) is 9.23 Å². The SMILES string of the molecule is FC(/C(F)=C(\F)c1ccc(OC2CCCCC2)cc1)=C(/F)c1c[c-]ccc1.[Li+]. The maximum Gasteiger partial charge on any atom is 1.00 e. The first-order valence-electron chi connectivity index (χ1n) is 8.90. The van der Waals surface area contributed by atoms with Crippen molar-refractivity contribution in [3.63, 3.8) is 0 Å². The molecule has 1 aliphatic rings. The molecule has 0 aromatic heterocycles. The van der Waals surface area contributed by atoms with E-state index in [9.17, 15) is 17.6 Å². The number of hydrogen-bond donors (Lipinski definition) is 0. The number of allylic oxidation sites excluding steroid dienone is 2. The molecule has 0 aliphatic heterocycles. The van der Waals surface area contributed by atoms with Crippen molar-refractivity contribution in [2.45, 2.75) is 38.2 Å². The van der Waals surface area contributed by atoms with E-state index < -0.39 is 23.3 Å². The molecule has 0 unspecified atom stereocenters. The zero-order valence-corrected chi connectivity index (χ0v) is 15.7. The quantitative estimate of drug-likeness (QED) is 0.327. The van der Waals surface area contributed by atoms with E-state index in [1.165, 1.54) is 48.9 Å². The number of ether oxygens (including phenoxy) is 1. The predicted octanol–water partition coefficient (Wildman–Crippen LogP) is 4.12. The Bertz CT molecular complexity index is 825. The van der Waals surface area contributed by atoms with E-state index in [4.69, 9.17) is 4.74 Å². The molecule has 0 N–H and O–H groups in total. The second-order valence-electron chi connectivity index (χ2n) is 6.45. The molecule has 0 radical (unpaired) electrons. The third kappa shape index (κ3) is 5.53. The minimum Gasteiger partial charge on any atom is -0.490 e. The summed E-state index contributed by atoms with van der Waals surface area (Å²) in [5, 5.41) is 0.